The van der Waals surface area contributed by atoms with Crippen molar-refractivity contribution in [3.05, 3.63) is 39.7 Å². The van der Waals surface area contributed by atoms with Gasteiger partial charge < -0.3 is 19.9 Å². The normalized spacial score (nSPS) is 15.0. The van der Waals surface area contributed by atoms with E-state index in [4.69, 9.17) is 0 Å². The second-order valence-electron chi connectivity index (χ2n) is 6.88. The number of anilines is 1. The Balaban J connectivity index is 2.33. The molecule has 0 bridgehead atoms. The minimum Gasteiger partial charge on any atom is -0.477 e. The zero-order valence-electron chi connectivity index (χ0n) is 14.7. The van der Waals surface area contributed by atoms with Gasteiger partial charge in [-0.05, 0) is 12.0 Å². The van der Waals surface area contributed by atoms with E-state index in [1.54, 1.807) is 4.90 Å². The zero-order valence-corrected chi connectivity index (χ0v) is 14.7. The Morgan fingerprint density at radius 1 is 1.31 bits per heavy atom. The van der Waals surface area contributed by atoms with E-state index in [9.17, 15) is 19.1 Å². The quantitative estimate of drug-likeness (QED) is 0.867. The average Bonchev–Trinajstić information content (AvgIpc) is 2.57. The SMILES string of the molecule is CC(C)Cn1cc(C(=O)O)c(=O)c2cc(F)c(N3CCNCC3)c(F)c21. The average molecular weight is 365 g/mol. The fourth-order valence-corrected chi connectivity index (χ4v) is 3.34. The number of pyridine rings is 1. The summed E-state index contributed by atoms with van der Waals surface area (Å²) in [6.45, 7) is 6.19. The molecule has 2 heterocycles. The minimum atomic E-state index is -1.42. The van der Waals surface area contributed by atoms with Crippen LogP contribution in [0.4, 0.5) is 14.5 Å². The second-order valence-corrected chi connectivity index (χ2v) is 6.88. The van der Waals surface area contributed by atoms with Crippen LogP contribution in [0.5, 0.6) is 0 Å². The highest BCUT2D eigenvalue weighted by molar-refractivity contribution is 5.93. The van der Waals surface area contributed by atoms with Crippen LogP contribution < -0.4 is 15.6 Å². The second kappa shape index (κ2) is 7.03. The lowest BCUT2D eigenvalue weighted by Gasteiger charge is -2.30. The predicted molar refractivity (Wildman–Crippen MR) is 95.0 cm³/mol. The van der Waals surface area contributed by atoms with Crippen LogP contribution in [-0.2, 0) is 6.54 Å². The summed E-state index contributed by atoms with van der Waals surface area (Å²) < 4.78 is 31.4. The Morgan fingerprint density at radius 3 is 2.54 bits per heavy atom. The number of nitrogens with zero attached hydrogens (tertiary/aromatic N) is 2. The zero-order chi connectivity index (χ0) is 19.0. The van der Waals surface area contributed by atoms with Gasteiger partial charge in [-0.1, -0.05) is 13.8 Å². The molecule has 0 saturated carbocycles. The molecule has 2 aromatic rings. The Bertz CT molecular complexity index is 918. The molecule has 0 atom stereocenters. The van der Waals surface area contributed by atoms with Crippen LogP contribution in [0.1, 0.15) is 24.2 Å². The molecule has 1 saturated heterocycles. The summed E-state index contributed by atoms with van der Waals surface area (Å²) in [5.41, 5.74) is -1.59. The third-order valence-corrected chi connectivity index (χ3v) is 4.46. The largest absolute Gasteiger partial charge is 0.477 e. The summed E-state index contributed by atoms with van der Waals surface area (Å²) in [4.78, 5) is 25.4. The first-order valence-corrected chi connectivity index (χ1v) is 8.55. The van der Waals surface area contributed by atoms with Crippen LogP contribution >= 0.6 is 0 Å². The molecule has 1 fully saturated rings. The number of piperazine rings is 1. The molecule has 140 valence electrons. The first-order valence-electron chi connectivity index (χ1n) is 8.55. The van der Waals surface area contributed by atoms with Crippen molar-refractivity contribution in [2.24, 2.45) is 5.92 Å². The van der Waals surface area contributed by atoms with E-state index in [2.05, 4.69) is 5.32 Å². The number of hydrogen-bond acceptors (Lipinski definition) is 4. The summed E-state index contributed by atoms with van der Waals surface area (Å²) in [7, 11) is 0. The minimum absolute atomic E-state index is 0.0522. The monoisotopic (exact) mass is 365 g/mol. The van der Waals surface area contributed by atoms with Crippen molar-refractivity contribution in [2.75, 3.05) is 31.1 Å². The number of carboxylic acids is 1. The van der Waals surface area contributed by atoms with Crippen molar-refractivity contribution in [1.29, 1.82) is 0 Å². The molecule has 6 nitrogen and oxygen atoms in total. The van der Waals surface area contributed by atoms with Crippen LogP contribution in [0.2, 0.25) is 0 Å². The van der Waals surface area contributed by atoms with Gasteiger partial charge in [-0.2, -0.15) is 0 Å². The molecule has 0 radical (unpaired) electrons. The van der Waals surface area contributed by atoms with Gasteiger partial charge in [-0.25, -0.2) is 13.6 Å². The molecule has 0 spiro atoms. The van der Waals surface area contributed by atoms with Gasteiger partial charge in [0, 0.05) is 38.9 Å². The number of benzene rings is 1. The molecular formula is C18H21F2N3O3. The third-order valence-electron chi connectivity index (χ3n) is 4.46. The standard InChI is InChI=1S/C18H21F2N3O3/c1-10(2)8-23-9-12(18(25)26)17(24)11-7-13(19)16(14(20)15(11)23)22-5-3-21-4-6-22/h7,9-10,21H,3-6,8H2,1-2H3,(H,25,26). The summed E-state index contributed by atoms with van der Waals surface area (Å²) in [5.74, 6) is -3.01. The molecule has 8 heteroatoms. The van der Waals surface area contributed by atoms with Crippen molar-refractivity contribution < 1.29 is 18.7 Å². The number of aromatic nitrogens is 1. The molecule has 26 heavy (non-hydrogen) atoms. The first kappa shape index (κ1) is 18.3. The Labute approximate surface area is 149 Å². The third kappa shape index (κ3) is 3.16. The predicted octanol–water partition coefficient (Wildman–Crippen LogP) is 2.04. The fraction of sp³-hybridized carbons (Fsp3) is 0.444. The van der Waals surface area contributed by atoms with Crippen molar-refractivity contribution in [2.45, 2.75) is 20.4 Å². The highest BCUT2D eigenvalue weighted by Gasteiger charge is 2.25. The van der Waals surface area contributed by atoms with Gasteiger partial charge in [0.1, 0.15) is 17.1 Å². The van der Waals surface area contributed by atoms with Crippen LogP contribution in [0.15, 0.2) is 17.1 Å². The molecule has 0 aliphatic carbocycles. The van der Waals surface area contributed by atoms with Gasteiger partial charge in [-0.15, -0.1) is 0 Å². The Morgan fingerprint density at radius 2 is 1.96 bits per heavy atom. The van der Waals surface area contributed by atoms with E-state index < -0.39 is 28.6 Å². The Kier molecular flexibility index (Phi) is 4.95. The lowest BCUT2D eigenvalue weighted by molar-refractivity contribution is 0.0694. The van der Waals surface area contributed by atoms with Crippen molar-refractivity contribution >= 4 is 22.6 Å². The van der Waals surface area contributed by atoms with Gasteiger partial charge in [-0.3, -0.25) is 4.79 Å². The van der Waals surface area contributed by atoms with E-state index >= 15 is 4.39 Å². The number of carboxylic acid groups (broad SMARTS) is 1. The molecular weight excluding hydrogens is 344 g/mol. The lowest BCUT2D eigenvalue weighted by atomic mass is 10.1. The number of fused-ring (bicyclic) bond motifs is 1. The van der Waals surface area contributed by atoms with Gasteiger partial charge >= 0.3 is 5.97 Å². The van der Waals surface area contributed by atoms with Crippen molar-refractivity contribution in [3.8, 4) is 0 Å². The number of hydrogen-bond donors (Lipinski definition) is 2. The van der Waals surface area contributed by atoms with E-state index in [-0.39, 0.29) is 22.5 Å². The number of aromatic carboxylic acids is 1. The van der Waals surface area contributed by atoms with Crippen LogP contribution in [0.25, 0.3) is 10.9 Å². The van der Waals surface area contributed by atoms with E-state index in [1.807, 2.05) is 13.8 Å². The van der Waals surface area contributed by atoms with Crippen LogP contribution in [-0.4, -0.2) is 41.8 Å². The number of carbonyl (C=O) groups is 1. The molecule has 1 aromatic heterocycles. The van der Waals surface area contributed by atoms with Crippen molar-refractivity contribution in [3.63, 3.8) is 0 Å². The molecule has 1 aliphatic rings. The smallest absolute Gasteiger partial charge is 0.341 e. The first-order chi connectivity index (χ1) is 12.3. The summed E-state index contributed by atoms with van der Waals surface area (Å²) in [5, 5.41) is 12.1. The van der Waals surface area contributed by atoms with Gasteiger partial charge in [0.25, 0.3) is 0 Å². The number of nitrogens with one attached hydrogen (secondary N) is 1. The van der Waals surface area contributed by atoms with E-state index in [0.717, 1.165) is 12.3 Å². The number of halogens is 2. The van der Waals surface area contributed by atoms with Gasteiger partial charge in [0.2, 0.25) is 5.43 Å². The molecule has 0 unspecified atom stereocenters. The lowest BCUT2D eigenvalue weighted by Crippen LogP contribution is -2.44. The summed E-state index contributed by atoms with van der Waals surface area (Å²) >= 11 is 0. The van der Waals surface area contributed by atoms with Crippen LogP contribution in [0, 0.1) is 17.6 Å². The van der Waals surface area contributed by atoms with Crippen LogP contribution in [0.3, 0.4) is 0 Å². The van der Waals surface area contributed by atoms with E-state index in [0.29, 0.717) is 32.7 Å². The maximum Gasteiger partial charge on any atom is 0.341 e. The van der Waals surface area contributed by atoms with Gasteiger partial charge in [0.05, 0.1) is 10.9 Å². The maximum absolute atomic E-state index is 15.3. The molecule has 3 rings (SSSR count). The summed E-state index contributed by atoms with van der Waals surface area (Å²) in [6, 6.07) is 0.960. The topological polar surface area (TPSA) is 74.6 Å². The molecule has 2 N–H and O–H groups in total. The molecule has 1 aromatic carbocycles. The maximum atomic E-state index is 15.3. The number of rotatable bonds is 4. The summed E-state index contributed by atoms with van der Waals surface area (Å²) in [6.07, 6.45) is 1.15. The molecule has 0 amide bonds. The highest BCUT2D eigenvalue weighted by atomic mass is 19.1. The molecule has 1 aliphatic heterocycles. The van der Waals surface area contributed by atoms with E-state index in [1.165, 1.54) is 4.57 Å². The highest BCUT2D eigenvalue weighted by Crippen LogP contribution is 2.30. The van der Waals surface area contributed by atoms with Crippen molar-refractivity contribution in [1.82, 2.24) is 9.88 Å². The van der Waals surface area contributed by atoms with Gasteiger partial charge in [0.15, 0.2) is 5.82 Å². The fourth-order valence-electron chi connectivity index (χ4n) is 3.34. The Hall–Kier alpha value is -2.48.